The van der Waals surface area contributed by atoms with Gasteiger partial charge in [0.2, 0.25) is 0 Å². The molecule has 0 aromatic heterocycles. The topological polar surface area (TPSA) is 24.1 Å². The molecule has 0 amide bonds. The molecule has 0 aliphatic carbocycles. The van der Waals surface area contributed by atoms with Gasteiger partial charge in [0.1, 0.15) is 0 Å². The van der Waals surface area contributed by atoms with Crippen molar-refractivity contribution in [1.82, 2.24) is 10.6 Å². The van der Waals surface area contributed by atoms with Gasteiger partial charge in [-0.3, -0.25) is 0 Å². The van der Waals surface area contributed by atoms with Crippen LogP contribution >= 0.6 is 0 Å². The normalized spacial score (nSPS) is 33.3. The first-order valence-corrected chi connectivity index (χ1v) is 4.08. The summed E-state index contributed by atoms with van der Waals surface area (Å²) in [6.07, 6.45) is 1.22. The molecule has 1 fully saturated rings. The van der Waals surface area contributed by atoms with Gasteiger partial charge in [0.15, 0.2) is 0 Å². The first-order chi connectivity index (χ1) is 4.60. The van der Waals surface area contributed by atoms with Gasteiger partial charge in [-0.15, -0.1) is 0 Å². The lowest BCUT2D eigenvalue weighted by molar-refractivity contribution is 0.364. The molecule has 0 aromatic rings. The number of hydrogen-bond acceptors (Lipinski definition) is 2. The van der Waals surface area contributed by atoms with E-state index in [1.165, 1.54) is 6.42 Å². The fraction of sp³-hybridized carbons (Fsp3) is 1.00. The SMILES string of the molecule is CC1CC(C)(C)NCCN1. The number of hydrogen-bond donors (Lipinski definition) is 2. The molecule has 0 spiro atoms. The van der Waals surface area contributed by atoms with Crippen molar-refractivity contribution < 1.29 is 0 Å². The van der Waals surface area contributed by atoms with Crippen molar-refractivity contribution in [2.45, 2.75) is 38.8 Å². The third-order valence-corrected chi connectivity index (χ3v) is 2.04. The van der Waals surface area contributed by atoms with Gasteiger partial charge in [-0.25, -0.2) is 0 Å². The highest BCUT2D eigenvalue weighted by Gasteiger charge is 2.22. The van der Waals surface area contributed by atoms with Gasteiger partial charge in [-0.05, 0) is 27.2 Å². The fourth-order valence-corrected chi connectivity index (χ4v) is 1.63. The molecule has 0 aromatic carbocycles. The second kappa shape index (κ2) is 2.89. The molecule has 0 radical (unpaired) electrons. The van der Waals surface area contributed by atoms with Crippen molar-refractivity contribution in [2.75, 3.05) is 13.1 Å². The Bertz CT molecular complexity index is 110. The predicted octanol–water partition coefficient (Wildman–Crippen LogP) is 0.736. The Labute approximate surface area is 63.4 Å². The molecule has 1 saturated heterocycles. The van der Waals surface area contributed by atoms with Crippen molar-refractivity contribution in [3.05, 3.63) is 0 Å². The Morgan fingerprint density at radius 1 is 1.30 bits per heavy atom. The third-order valence-electron chi connectivity index (χ3n) is 2.04. The van der Waals surface area contributed by atoms with Crippen LogP contribution in [0.2, 0.25) is 0 Å². The van der Waals surface area contributed by atoms with Crippen molar-refractivity contribution in [1.29, 1.82) is 0 Å². The molecule has 60 valence electrons. The van der Waals surface area contributed by atoms with E-state index in [4.69, 9.17) is 0 Å². The summed E-state index contributed by atoms with van der Waals surface area (Å²) in [4.78, 5) is 0. The summed E-state index contributed by atoms with van der Waals surface area (Å²) in [6.45, 7) is 8.96. The van der Waals surface area contributed by atoms with Crippen LogP contribution in [0.1, 0.15) is 27.2 Å². The second-order valence-corrected chi connectivity index (χ2v) is 3.87. The molecular formula is C8H18N2. The van der Waals surface area contributed by atoms with Crippen LogP contribution < -0.4 is 10.6 Å². The fourth-order valence-electron chi connectivity index (χ4n) is 1.63. The van der Waals surface area contributed by atoms with Crippen LogP contribution in [0.3, 0.4) is 0 Å². The first-order valence-electron chi connectivity index (χ1n) is 4.08. The summed E-state index contributed by atoms with van der Waals surface area (Å²) in [5.74, 6) is 0. The van der Waals surface area contributed by atoms with Crippen molar-refractivity contribution >= 4 is 0 Å². The van der Waals surface area contributed by atoms with E-state index in [9.17, 15) is 0 Å². The van der Waals surface area contributed by atoms with Crippen LogP contribution in [0.5, 0.6) is 0 Å². The molecule has 2 N–H and O–H groups in total. The minimum absolute atomic E-state index is 0.322. The predicted molar refractivity (Wildman–Crippen MR) is 44.2 cm³/mol. The summed E-state index contributed by atoms with van der Waals surface area (Å²) < 4.78 is 0. The molecule has 10 heavy (non-hydrogen) atoms. The van der Waals surface area contributed by atoms with Gasteiger partial charge in [-0.2, -0.15) is 0 Å². The van der Waals surface area contributed by atoms with Gasteiger partial charge in [0.25, 0.3) is 0 Å². The molecule has 1 unspecified atom stereocenters. The largest absolute Gasteiger partial charge is 0.313 e. The number of rotatable bonds is 0. The molecule has 1 atom stereocenters. The van der Waals surface area contributed by atoms with Crippen molar-refractivity contribution in [3.8, 4) is 0 Å². The van der Waals surface area contributed by atoms with Gasteiger partial charge in [0.05, 0.1) is 0 Å². The molecular weight excluding hydrogens is 124 g/mol. The van der Waals surface area contributed by atoms with Gasteiger partial charge in [0, 0.05) is 24.7 Å². The average molecular weight is 142 g/mol. The Morgan fingerprint density at radius 3 is 2.70 bits per heavy atom. The van der Waals surface area contributed by atoms with E-state index in [-0.39, 0.29) is 0 Å². The van der Waals surface area contributed by atoms with Crippen LogP contribution in [0.15, 0.2) is 0 Å². The number of nitrogens with one attached hydrogen (secondary N) is 2. The summed E-state index contributed by atoms with van der Waals surface area (Å²) in [5, 5.41) is 6.93. The van der Waals surface area contributed by atoms with E-state index < -0.39 is 0 Å². The standard InChI is InChI=1S/C8H18N2/c1-7-6-8(2,3)10-5-4-9-7/h7,9-10H,4-6H2,1-3H3. The van der Waals surface area contributed by atoms with Gasteiger partial charge in [-0.1, -0.05) is 0 Å². The Balaban J connectivity index is 2.46. The summed E-state index contributed by atoms with van der Waals surface area (Å²) in [5.41, 5.74) is 0.322. The maximum Gasteiger partial charge on any atom is 0.0140 e. The highest BCUT2D eigenvalue weighted by Crippen LogP contribution is 2.12. The van der Waals surface area contributed by atoms with E-state index in [0.717, 1.165) is 13.1 Å². The van der Waals surface area contributed by atoms with Crippen LogP contribution in [0.25, 0.3) is 0 Å². The maximum atomic E-state index is 3.49. The quantitative estimate of drug-likeness (QED) is 0.521. The van der Waals surface area contributed by atoms with Gasteiger partial charge >= 0.3 is 0 Å². The molecule has 0 saturated carbocycles. The minimum atomic E-state index is 0.322. The average Bonchev–Trinajstić information content (AvgIpc) is 1.90. The zero-order valence-electron chi connectivity index (χ0n) is 7.20. The van der Waals surface area contributed by atoms with Crippen LogP contribution in [-0.4, -0.2) is 24.7 Å². The monoisotopic (exact) mass is 142 g/mol. The molecule has 2 heteroatoms. The Kier molecular flexibility index (Phi) is 2.32. The Hall–Kier alpha value is -0.0800. The van der Waals surface area contributed by atoms with E-state index in [1.807, 2.05) is 0 Å². The van der Waals surface area contributed by atoms with E-state index >= 15 is 0 Å². The molecule has 1 aliphatic heterocycles. The lowest BCUT2D eigenvalue weighted by Crippen LogP contribution is -2.40. The lowest BCUT2D eigenvalue weighted by atomic mass is 9.97. The van der Waals surface area contributed by atoms with Crippen molar-refractivity contribution in [3.63, 3.8) is 0 Å². The van der Waals surface area contributed by atoms with Crippen LogP contribution in [-0.2, 0) is 0 Å². The summed E-state index contributed by atoms with van der Waals surface area (Å²) in [7, 11) is 0. The highest BCUT2D eigenvalue weighted by molar-refractivity contribution is 4.85. The molecule has 2 nitrogen and oxygen atoms in total. The minimum Gasteiger partial charge on any atom is -0.313 e. The zero-order valence-corrected chi connectivity index (χ0v) is 7.20. The maximum absolute atomic E-state index is 3.49. The van der Waals surface area contributed by atoms with E-state index in [1.54, 1.807) is 0 Å². The lowest BCUT2D eigenvalue weighted by Gasteiger charge is -2.25. The van der Waals surface area contributed by atoms with Gasteiger partial charge < -0.3 is 10.6 Å². The Morgan fingerprint density at radius 2 is 2.00 bits per heavy atom. The molecule has 1 rings (SSSR count). The van der Waals surface area contributed by atoms with E-state index in [2.05, 4.69) is 31.4 Å². The smallest absolute Gasteiger partial charge is 0.0140 e. The van der Waals surface area contributed by atoms with Crippen molar-refractivity contribution in [2.24, 2.45) is 0 Å². The zero-order chi connectivity index (χ0) is 7.61. The van der Waals surface area contributed by atoms with Crippen LogP contribution in [0, 0.1) is 0 Å². The van der Waals surface area contributed by atoms with E-state index in [0.29, 0.717) is 11.6 Å². The molecule has 1 heterocycles. The third kappa shape index (κ3) is 2.27. The second-order valence-electron chi connectivity index (χ2n) is 3.87. The molecule has 1 aliphatic rings. The molecule has 0 bridgehead atoms. The first kappa shape index (κ1) is 8.02. The highest BCUT2D eigenvalue weighted by atomic mass is 15.0. The summed E-state index contributed by atoms with van der Waals surface area (Å²) in [6, 6.07) is 0.657. The van der Waals surface area contributed by atoms with Crippen LogP contribution in [0.4, 0.5) is 0 Å². The summed E-state index contributed by atoms with van der Waals surface area (Å²) >= 11 is 0.